The van der Waals surface area contributed by atoms with Crippen molar-refractivity contribution in [3.63, 3.8) is 0 Å². The van der Waals surface area contributed by atoms with E-state index in [9.17, 15) is 0 Å². The maximum Gasteiger partial charge on any atom is 0.248 e. The topological polar surface area (TPSA) is 86.0 Å². The Morgan fingerprint density at radius 2 is 1.86 bits per heavy atom. The van der Waals surface area contributed by atoms with Crippen molar-refractivity contribution < 1.29 is 4.74 Å². The molecule has 2 heterocycles. The van der Waals surface area contributed by atoms with Crippen molar-refractivity contribution in [3.8, 4) is 11.6 Å². The second kappa shape index (κ2) is 7.44. The number of halogens is 1. The van der Waals surface area contributed by atoms with Crippen molar-refractivity contribution >= 4 is 44.0 Å². The Bertz CT molecular complexity index is 1180. The molecule has 28 heavy (non-hydrogen) atoms. The second-order valence-corrected chi connectivity index (χ2v) is 7.27. The SMILES string of the molecule is Cc1ccc(Nc2ncnc(Oc3ccc(Br)c4cccnc34)c2N)cc1C. The summed E-state index contributed by atoms with van der Waals surface area (Å²) in [7, 11) is 0. The van der Waals surface area contributed by atoms with E-state index in [-0.39, 0.29) is 5.88 Å². The molecule has 0 spiro atoms. The molecule has 2 aromatic heterocycles. The molecule has 0 amide bonds. The van der Waals surface area contributed by atoms with E-state index in [1.807, 2.05) is 42.5 Å². The van der Waals surface area contributed by atoms with Crippen LogP contribution >= 0.6 is 15.9 Å². The zero-order chi connectivity index (χ0) is 19.7. The van der Waals surface area contributed by atoms with E-state index in [0.717, 1.165) is 21.1 Å². The van der Waals surface area contributed by atoms with Gasteiger partial charge in [0.15, 0.2) is 11.6 Å². The monoisotopic (exact) mass is 435 g/mol. The minimum atomic E-state index is 0.274. The first-order valence-electron chi connectivity index (χ1n) is 8.69. The molecule has 6 nitrogen and oxygen atoms in total. The summed E-state index contributed by atoms with van der Waals surface area (Å²) in [5.74, 6) is 1.33. The van der Waals surface area contributed by atoms with Gasteiger partial charge in [0, 0.05) is 21.7 Å². The lowest BCUT2D eigenvalue weighted by Crippen LogP contribution is -2.03. The number of nitrogens with zero attached hydrogens (tertiary/aromatic N) is 3. The Morgan fingerprint density at radius 1 is 1.00 bits per heavy atom. The fourth-order valence-corrected chi connectivity index (χ4v) is 3.27. The van der Waals surface area contributed by atoms with Gasteiger partial charge in [-0.05, 0) is 55.3 Å². The fourth-order valence-electron chi connectivity index (χ4n) is 2.81. The number of nitrogens with two attached hydrogens (primary N) is 1. The van der Waals surface area contributed by atoms with E-state index in [2.05, 4.69) is 50.0 Å². The van der Waals surface area contributed by atoms with Crippen molar-refractivity contribution in [2.75, 3.05) is 11.1 Å². The zero-order valence-corrected chi connectivity index (χ0v) is 17.0. The van der Waals surface area contributed by atoms with Crippen LogP contribution in [0.5, 0.6) is 11.6 Å². The van der Waals surface area contributed by atoms with Crippen molar-refractivity contribution in [1.29, 1.82) is 0 Å². The van der Waals surface area contributed by atoms with E-state index >= 15 is 0 Å². The molecule has 7 heteroatoms. The van der Waals surface area contributed by atoms with Crippen molar-refractivity contribution in [2.45, 2.75) is 13.8 Å². The highest BCUT2D eigenvalue weighted by atomic mass is 79.9. The first kappa shape index (κ1) is 18.2. The highest BCUT2D eigenvalue weighted by Crippen LogP contribution is 2.36. The summed E-state index contributed by atoms with van der Waals surface area (Å²) >= 11 is 3.53. The van der Waals surface area contributed by atoms with E-state index in [0.29, 0.717) is 17.3 Å². The summed E-state index contributed by atoms with van der Waals surface area (Å²) < 4.78 is 6.94. The lowest BCUT2D eigenvalue weighted by Gasteiger charge is -2.13. The number of nitrogens with one attached hydrogen (secondary N) is 1. The van der Waals surface area contributed by atoms with Crippen LogP contribution in [0.1, 0.15) is 11.1 Å². The number of rotatable bonds is 4. The van der Waals surface area contributed by atoms with Gasteiger partial charge in [-0.15, -0.1) is 0 Å². The Morgan fingerprint density at radius 3 is 2.68 bits per heavy atom. The van der Waals surface area contributed by atoms with Gasteiger partial charge in [0.1, 0.15) is 17.5 Å². The van der Waals surface area contributed by atoms with Gasteiger partial charge in [-0.2, -0.15) is 4.98 Å². The molecule has 0 saturated carbocycles. The largest absolute Gasteiger partial charge is 0.435 e. The van der Waals surface area contributed by atoms with Crippen LogP contribution < -0.4 is 15.8 Å². The smallest absolute Gasteiger partial charge is 0.248 e. The highest BCUT2D eigenvalue weighted by molar-refractivity contribution is 9.10. The third-order valence-electron chi connectivity index (χ3n) is 4.50. The number of nitrogen functional groups attached to an aromatic ring is 1. The number of benzene rings is 2. The van der Waals surface area contributed by atoms with Gasteiger partial charge in [-0.1, -0.05) is 28.1 Å². The van der Waals surface area contributed by atoms with E-state index < -0.39 is 0 Å². The fraction of sp³-hybridized carbons (Fsp3) is 0.0952. The lowest BCUT2D eigenvalue weighted by atomic mass is 10.1. The van der Waals surface area contributed by atoms with Crippen LogP contribution in [0.2, 0.25) is 0 Å². The number of pyridine rings is 1. The predicted octanol–water partition coefficient (Wildman–Crippen LogP) is 5.52. The molecular weight excluding hydrogens is 418 g/mol. The number of ether oxygens (including phenoxy) is 1. The minimum Gasteiger partial charge on any atom is -0.435 e. The maximum atomic E-state index is 6.28. The summed E-state index contributed by atoms with van der Waals surface area (Å²) in [4.78, 5) is 12.9. The highest BCUT2D eigenvalue weighted by Gasteiger charge is 2.14. The predicted molar refractivity (Wildman–Crippen MR) is 115 cm³/mol. The lowest BCUT2D eigenvalue weighted by molar-refractivity contribution is 0.469. The summed E-state index contributed by atoms with van der Waals surface area (Å²) in [6, 6.07) is 13.7. The summed E-state index contributed by atoms with van der Waals surface area (Å²) in [5, 5.41) is 4.18. The van der Waals surface area contributed by atoms with Crippen molar-refractivity contribution in [1.82, 2.24) is 15.0 Å². The van der Waals surface area contributed by atoms with E-state index in [1.165, 1.54) is 17.5 Å². The Kier molecular flexibility index (Phi) is 4.83. The quantitative estimate of drug-likeness (QED) is 0.438. The average molecular weight is 436 g/mol. The first-order valence-corrected chi connectivity index (χ1v) is 9.48. The first-order chi connectivity index (χ1) is 13.5. The number of aromatic nitrogens is 3. The van der Waals surface area contributed by atoms with Crippen LogP contribution in [0, 0.1) is 13.8 Å². The molecule has 4 aromatic rings. The molecule has 0 unspecified atom stereocenters. The molecule has 4 rings (SSSR count). The molecule has 3 N–H and O–H groups in total. The van der Waals surface area contributed by atoms with Crippen molar-refractivity contribution in [2.24, 2.45) is 0 Å². The van der Waals surface area contributed by atoms with Crippen LogP contribution in [0.3, 0.4) is 0 Å². The maximum absolute atomic E-state index is 6.28. The Hall–Kier alpha value is -3.19. The standard InChI is InChI=1S/C21H18BrN5O/c1-12-5-6-14(10-13(12)2)27-20-18(23)21(26-11-25-20)28-17-8-7-16(22)15-4-3-9-24-19(15)17/h3-11H,23H2,1-2H3,(H,25,26,27). The molecule has 0 bridgehead atoms. The number of aryl methyl sites for hydroxylation is 2. The molecule has 140 valence electrons. The third-order valence-corrected chi connectivity index (χ3v) is 5.19. The van der Waals surface area contributed by atoms with Gasteiger partial charge in [0.2, 0.25) is 5.88 Å². The summed E-state index contributed by atoms with van der Waals surface area (Å²) in [5.41, 5.74) is 10.6. The third kappa shape index (κ3) is 3.48. The van der Waals surface area contributed by atoms with Crippen LogP contribution in [0.15, 0.2) is 59.5 Å². The molecule has 0 aliphatic rings. The molecule has 0 atom stereocenters. The molecule has 0 aliphatic heterocycles. The van der Waals surface area contributed by atoms with Gasteiger partial charge in [0.05, 0.1) is 0 Å². The molecule has 0 fully saturated rings. The van der Waals surface area contributed by atoms with Crippen LogP contribution in [-0.4, -0.2) is 15.0 Å². The van der Waals surface area contributed by atoms with Crippen LogP contribution in [0.25, 0.3) is 10.9 Å². The number of hydrogen-bond donors (Lipinski definition) is 2. The van der Waals surface area contributed by atoms with Crippen LogP contribution in [0.4, 0.5) is 17.2 Å². The number of anilines is 3. The minimum absolute atomic E-state index is 0.274. The van der Waals surface area contributed by atoms with Gasteiger partial charge >= 0.3 is 0 Å². The zero-order valence-electron chi connectivity index (χ0n) is 15.4. The van der Waals surface area contributed by atoms with Gasteiger partial charge in [0.25, 0.3) is 0 Å². The number of hydrogen-bond acceptors (Lipinski definition) is 6. The Labute approximate surface area is 170 Å². The molecule has 0 saturated heterocycles. The van der Waals surface area contributed by atoms with Crippen LogP contribution in [-0.2, 0) is 0 Å². The second-order valence-electron chi connectivity index (χ2n) is 6.41. The Balaban J connectivity index is 1.68. The van der Waals surface area contributed by atoms with Gasteiger partial charge in [-0.3, -0.25) is 4.98 Å². The van der Waals surface area contributed by atoms with Crippen molar-refractivity contribution in [3.05, 3.63) is 70.6 Å². The van der Waals surface area contributed by atoms with Gasteiger partial charge < -0.3 is 15.8 Å². The normalized spacial score (nSPS) is 10.8. The molecular formula is C21H18BrN5O. The summed E-state index contributed by atoms with van der Waals surface area (Å²) in [6.07, 6.45) is 3.14. The van der Waals surface area contributed by atoms with Gasteiger partial charge in [-0.25, -0.2) is 4.98 Å². The number of fused-ring (bicyclic) bond motifs is 1. The molecule has 0 radical (unpaired) electrons. The summed E-state index contributed by atoms with van der Waals surface area (Å²) in [6.45, 7) is 4.13. The molecule has 2 aromatic carbocycles. The average Bonchev–Trinajstić information content (AvgIpc) is 2.70. The molecule has 0 aliphatic carbocycles. The van der Waals surface area contributed by atoms with E-state index in [1.54, 1.807) is 6.20 Å². The van der Waals surface area contributed by atoms with E-state index in [4.69, 9.17) is 10.5 Å².